The highest BCUT2D eigenvalue weighted by atomic mass is 32.2. The first kappa shape index (κ1) is 15.3. The van der Waals surface area contributed by atoms with Crippen LogP contribution < -0.4 is 5.32 Å². The summed E-state index contributed by atoms with van der Waals surface area (Å²) in [5, 5.41) is 4.14. The van der Waals surface area contributed by atoms with Gasteiger partial charge in [-0.1, -0.05) is 13.8 Å². The summed E-state index contributed by atoms with van der Waals surface area (Å²) in [5.74, 6) is 3.93. The number of hydrogen-bond donors (Lipinski definition) is 1. The second-order valence-electron chi connectivity index (χ2n) is 5.40. The first-order valence-corrected chi connectivity index (χ1v) is 8.35. The van der Waals surface area contributed by atoms with Crippen molar-refractivity contribution in [1.29, 1.82) is 0 Å². The lowest BCUT2D eigenvalue weighted by Gasteiger charge is -2.36. The lowest BCUT2D eigenvalue weighted by atomic mass is 10.1. The van der Waals surface area contributed by atoms with Crippen LogP contribution in [0.1, 0.15) is 19.6 Å². The smallest absolute Gasteiger partial charge is 0.193 e. The standard InChI is InChI=1S/C15H25N3OS/c1-12(2)14-11-18(8-10-20-14)15(16-3)17-7-6-13-5-4-9-19-13/h4-5,9,12,14H,6-8,10-11H2,1-3H3,(H,16,17). The van der Waals surface area contributed by atoms with Crippen molar-refractivity contribution in [2.75, 3.05) is 32.4 Å². The molecule has 1 aliphatic heterocycles. The van der Waals surface area contributed by atoms with E-state index in [0.29, 0.717) is 11.2 Å². The SMILES string of the molecule is CN=C(NCCc1ccco1)N1CCSC(C(C)C)C1. The minimum atomic E-state index is 0.701. The number of nitrogens with zero attached hydrogens (tertiary/aromatic N) is 2. The summed E-state index contributed by atoms with van der Waals surface area (Å²) < 4.78 is 5.35. The topological polar surface area (TPSA) is 40.8 Å². The van der Waals surface area contributed by atoms with Gasteiger partial charge in [-0.3, -0.25) is 4.99 Å². The molecule has 1 unspecified atom stereocenters. The van der Waals surface area contributed by atoms with Crippen LogP contribution in [0.15, 0.2) is 27.8 Å². The first-order chi connectivity index (χ1) is 9.70. The average molecular weight is 295 g/mol. The summed E-state index contributed by atoms with van der Waals surface area (Å²) in [6.07, 6.45) is 2.61. The Labute approximate surface area is 126 Å². The van der Waals surface area contributed by atoms with Crippen LogP contribution in [0.4, 0.5) is 0 Å². The minimum absolute atomic E-state index is 0.701. The highest BCUT2D eigenvalue weighted by Gasteiger charge is 2.24. The molecule has 1 saturated heterocycles. The van der Waals surface area contributed by atoms with Gasteiger partial charge in [0.15, 0.2) is 5.96 Å². The largest absolute Gasteiger partial charge is 0.469 e. The van der Waals surface area contributed by atoms with Crippen LogP contribution in [0, 0.1) is 5.92 Å². The van der Waals surface area contributed by atoms with E-state index in [2.05, 4.69) is 40.8 Å². The molecular weight excluding hydrogens is 270 g/mol. The number of hydrogen-bond acceptors (Lipinski definition) is 3. The third-order valence-electron chi connectivity index (χ3n) is 3.58. The van der Waals surface area contributed by atoms with Gasteiger partial charge < -0.3 is 14.6 Å². The maximum absolute atomic E-state index is 5.35. The first-order valence-electron chi connectivity index (χ1n) is 7.30. The van der Waals surface area contributed by atoms with E-state index in [1.165, 1.54) is 5.75 Å². The van der Waals surface area contributed by atoms with Crippen LogP contribution in [-0.2, 0) is 6.42 Å². The Hall–Kier alpha value is -1.10. The molecule has 0 radical (unpaired) electrons. The highest BCUT2D eigenvalue weighted by molar-refractivity contribution is 8.00. The van der Waals surface area contributed by atoms with Crippen molar-refractivity contribution in [3.8, 4) is 0 Å². The molecule has 20 heavy (non-hydrogen) atoms. The number of guanidine groups is 1. The number of thioether (sulfide) groups is 1. The fraction of sp³-hybridized carbons (Fsp3) is 0.667. The van der Waals surface area contributed by atoms with Crippen LogP contribution in [0.2, 0.25) is 0 Å². The molecule has 1 fully saturated rings. The van der Waals surface area contributed by atoms with Crippen molar-refractivity contribution in [3.05, 3.63) is 24.2 Å². The van der Waals surface area contributed by atoms with E-state index in [1.54, 1.807) is 6.26 Å². The van der Waals surface area contributed by atoms with E-state index in [0.717, 1.165) is 37.8 Å². The summed E-state index contributed by atoms with van der Waals surface area (Å²) in [4.78, 5) is 6.79. The Bertz CT molecular complexity index is 417. The van der Waals surface area contributed by atoms with Gasteiger partial charge in [-0.05, 0) is 18.1 Å². The number of nitrogens with one attached hydrogen (secondary N) is 1. The summed E-state index contributed by atoms with van der Waals surface area (Å²) in [5.41, 5.74) is 0. The number of furan rings is 1. The molecule has 1 aliphatic rings. The number of rotatable bonds is 4. The van der Waals surface area contributed by atoms with Crippen LogP contribution in [0.3, 0.4) is 0 Å². The molecule has 5 heteroatoms. The second-order valence-corrected chi connectivity index (χ2v) is 6.75. The summed E-state index contributed by atoms with van der Waals surface area (Å²) >= 11 is 2.09. The lowest BCUT2D eigenvalue weighted by Crippen LogP contribution is -2.49. The Balaban J connectivity index is 1.82. The van der Waals surface area contributed by atoms with Crippen molar-refractivity contribution in [1.82, 2.24) is 10.2 Å². The molecular formula is C15H25N3OS. The second kappa shape index (κ2) is 7.62. The van der Waals surface area contributed by atoms with Crippen molar-refractivity contribution in [2.45, 2.75) is 25.5 Å². The molecule has 1 N–H and O–H groups in total. The molecule has 0 aromatic carbocycles. The summed E-state index contributed by atoms with van der Waals surface area (Å²) in [7, 11) is 1.86. The zero-order valence-electron chi connectivity index (χ0n) is 12.6. The van der Waals surface area contributed by atoms with Crippen molar-refractivity contribution < 1.29 is 4.42 Å². The quantitative estimate of drug-likeness (QED) is 0.684. The molecule has 4 nitrogen and oxygen atoms in total. The van der Waals surface area contributed by atoms with E-state index >= 15 is 0 Å². The molecule has 112 valence electrons. The molecule has 1 aromatic rings. The normalized spacial score (nSPS) is 20.5. The maximum Gasteiger partial charge on any atom is 0.193 e. The average Bonchev–Trinajstić information content (AvgIpc) is 2.97. The molecule has 1 atom stereocenters. The van der Waals surface area contributed by atoms with Gasteiger partial charge in [0.25, 0.3) is 0 Å². The third-order valence-corrected chi connectivity index (χ3v) is 5.12. The van der Waals surface area contributed by atoms with E-state index in [9.17, 15) is 0 Å². The molecule has 0 aliphatic carbocycles. The van der Waals surface area contributed by atoms with Gasteiger partial charge in [0, 0.05) is 44.1 Å². The van der Waals surface area contributed by atoms with Crippen molar-refractivity contribution in [3.63, 3.8) is 0 Å². The predicted octanol–water partition coefficient (Wildman–Crippen LogP) is 2.47. The molecule has 2 rings (SSSR count). The molecule has 0 bridgehead atoms. The van der Waals surface area contributed by atoms with Gasteiger partial charge in [-0.2, -0.15) is 11.8 Å². The van der Waals surface area contributed by atoms with E-state index in [-0.39, 0.29) is 0 Å². The fourth-order valence-electron chi connectivity index (χ4n) is 2.36. The molecule has 0 spiro atoms. The van der Waals surface area contributed by atoms with Gasteiger partial charge in [-0.25, -0.2) is 0 Å². The Morgan fingerprint density at radius 1 is 1.60 bits per heavy atom. The van der Waals surface area contributed by atoms with E-state index in [1.807, 2.05) is 19.2 Å². The van der Waals surface area contributed by atoms with Crippen molar-refractivity contribution >= 4 is 17.7 Å². The lowest BCUT2D eigenvalue weighted by molar-refractivity contribution is 0.380. The van der Waals surface area contributed by atoms with E-state index < -0.39 is 0 Å². The zero-order chi connectivity index (χ0) is 14.4. The molecule has 1 aromatic heterocycles. The fourth-order valence-corrected chi connectivity index (χ4v) is 3.65. The van der Waals surface area contributed by atoms with Crippen LogP contribution >= 0.6 is 11.8 Å². The van der Waals surface area contributed by atoms with Gasteiger partial charge >= 0.3 is 0 Å². The van der Waals surface area contributed by atoms with Gasteiger partial charge in [0.05, 0.1) is 6.26 Å². The third kappa shape index (κ3) is 4.20. The Morgan fingerprint density at radius 3 is 3.10 bits per heavy atom. The highest BCUT2D eigenvalue weighted by Crippen LogP contribution is 2.24. The van der Waals surface area contributed by atoms with E-state index in [4.69, 9.17) is 4.42 Å². The van der Waals surface area contributed by atoms with Gasteiger partial charge in [-0.15, -0.1) is 0 Å². The Kier molecular flexibility index (Phi) is 5.83. The van der Waals surface area contributed by atoms with Gasteiger partial charge in [0.2, 0.25) is 0 Å². The monoisotopic (exact) mass is 295 g/mol. The summed E-state index contributed by atoms with van der Waals surface area (Å²) in [6.45, 7) is 7.62. The predicted molar refractivity (Wildman–Crippen MR) is 86.4 cm³/mol. The Morgan fingerprint density at radius 2 is 2.45 bits per heavy atom. The van der Waals surface area contributed by atoms with Crippen LogP contribution in [0.5, 0.6) is 0 Å². The van der Waals surface area contributed by atoms with Crippen LogP contribution in [0.25, 0.3) is 0 Å². The van der Waals surface area contributed by atoms with Crippen LogP contribution in [-0.4, -0.2) is 48.5 Å². The maximum atomic E-state index is 5.35. The minimum Gasteiger partial charge on any atom is -0.469 e. The molecule has 0 saturated carbocycles. The van der Waals surface area contributed by atoms with Crippen molar-refractivity contribution in [2.24, 2.45) is 10.9 Å². The van der Waals surface area contributed by atoms with Gasteiger partial charge in [0.1, 0.15) is 5.76 Å². The number of aliphatic imine (C=N–C) groups is 1. The zero-order valence-corrected chi connectivity index (χ0v) is 13.4. The molecule has 2 heterocycles. The molecule has 0 amide bonds. The summed E-state index contributed by atoms with van der Waals surface area (Å²) in [6, 6.07) is 3.94.